The minimum atomic E-state index is 0.842. The zero-order valence-electron chi connectivity index (χ0n) is 12.1. The van der Waals surface area contributed by atoms with Crippen LogP contribution in [0.3, 0.4) is 0 Å². The topological polar surface area (TPSA) is 29.9 Å². The van der Waals surface area contributed by atoms with Crippen LogP contribution in [0.25, 0.3) is 0 Å². The molecule has 0 bridgehead atoms. The van der Waals surface area contributed by atoms with Gasteiger partial charge in [0.05, 0.1) is 12.7 Å². The van der Waals surface area contributed by atoms with Crippen molar-refractivity contribution >= 4 is 11.8 Å². The van der Waals surface area contributed by atoms with E-state index >= 15 is 0 Å². The summed E-state index contributed by atoms with van der Waals surface area (Å²) in [6.07, 6.45) is 8.79. The molecule has 0 aliphatic rings. The third-order valence-corrected chi connectivity index (χ3v) is 3.85. The number of nitrogens with one attached hydrogen (secondary N) is 1. The van der Waals surface area contributed by atoms with Crippen molar-refractivity contribution in [2.24, 2.45) is 0 Å². The lowest BCUT2D eigenvalue weighted by atomic mass is 10.2. The summed E-state index contributed by atoms with van der Waals surface area (Å²) >= 11 is 1.92. The van der Waals surface area contributed by atoms with Gasteiger partial charge in [0.25, 0.3) is 0 Å². The number of hydrogen-bond donors (Lipinski definition) is 1. The second-order valence-corrected chi connectivity index (χ2v) is 5.89. The molecule has 20 heavy (non-hydrogen) atoms. The highest BCUT2D eigenvalue weighted by Gasteiger charge is 1.99. The van der Waals surface area contributed by atoms with Crippen LogP contribution >= 0.6 is 11.8 Å². The van der Waals surface area contributed by atoms with E-state index in [0.717, 1.165) is 19.6 Å². The maximum absolute atomic E-state index is 4.41. The summed E-state index contributed by atoms with van der Waals surface area (Å²) in [5, 5.41) is 7.89. The zero-order valence-corrected chi connectivity index (χ0v) is 12.9. The molecule has 0 saturated carbocycles. The number of nitrogens with zero attached hydrogens (tertiary/aromatic N) is 2. The van der Waals surface area contributed by atoms with Crippen molar-refractivity contribution in [3.63, 3.8) is 0 Å². The Morgan fingerprint density at radius 2 is 2.00 bits per heavy atom. The van der Waals surface area contributed by atoms with E-state index < -0.39 is 0 Å². The molecule has 0 atom stereocenters. The van der Waals surface area contributed by atoms with Crippen LogP contribution < -0.4 is 5.32 Å². The van der Waals surface area contributed by atoms with Gasteiger partial charge in [-0.15, -0.1) is 0 Å². The molecule has 0 aliphatic heterocycles. The van der Waals surface area contributed by atoms with Crippen LogP contribution in [0.2, 0.25) is 0 Å². The first kappa shape index (κ1) is 15.1. The maximum Gasteiger partial charge on any atom is 0.0659 e. The van der Waals surface area contributed by atoms with Crippen LogP contribution in [0.1, 0.15) is 24.0 Å². The molecule has 1 N–H and O–H groups in total. The van der Waals surface area contributed by atoms with E-state index in [-0.39, 0.29) is 0 Å². The first-order valence-electron chi connectivity index (χ1n) is 7.13. The van der Waals surface area contributed by atoms with Crippen molar-refractivity contribution in [1.29, 1.82) is 0 Å². The molecule has 1 heterocycles. The van der Waals surface area contributed by atoms with Gasteiger partial charge in [0.2, 0.25) is 0 Å². The Kier molecular flexibility index (Phi) is 6.68. The second-order valence-electron chi connectivity index (χ2n) is 4.91. The predicted molar refractivity (Wildman–Crippen MR) is 87.1 cm³/mol. The number of unbranched alkanes of at least 4 members (excludes halogenated alkanes) is 1. The Bertz CT molecular complexity index is 481. The molecular weight excluding hydrogens is 266 g/mol. The number of benzene rings is 1. The van der Waals surface area contributed by atoms with Crippen LogP contribution in [0.5, 0.6) is 0 Å². The molecule has 108 valence electrons. The summed E-state index contributed by atoms with van der Waals surface area (Å²) in [6.45, 7) is 2.84. The number of thioether (sulfide) groups is 1. The second kappa shape index (κ2) is 8.82. The molecule has 0 amide bonds. The van der Waals surface area contributed by atoms with Crippen LogP contribution in [0.4, 0.5) is 0 Å². The molecule has 0 radical (unpaired) electrons. The molecule has 0 saturated heterocycles. The smallest absolute Gasteiger partial charge is 0.0659 e. The van der Waals surface area contributed by atoms with Gasteiger partial charge in [-0.25, -0.2) is 0 Å². The highest BCUT2D eigenvalue weighted by molar-refractivity contribution is 7.98. The molecule has 0 aliphatic carbocycles. The first-order valence-corrected chi connectivity index (χ1v) is 8.53. The summed E-state index contributed by atoms with van der Waals surface area (Å²) in [4.78, 5) is 0. The zero-order chi connectivity index (χ0) is 14.0. The van der Waals surface area contributed by atoms with Gasteiger partial charge in [0, 0.05) is 18.3 Å². The Morgan fingerprint density at radius 3 is 2.80 bits per heavy atom. The summed E-state index contributed by atoms with van der Waals surface area (Å²) in [7, 11) is 0. The van der Waals surface area contributed by atoms with Crippen molar-refractivity contribution in [1.82, 2.24) is 15.1 Å². The lowest BCUT2D eigenvalue weighted by molar-refractivity contribution is 0.642. The van der Waals surface area contributed by atoms with Gasteiger partial charge in [0.1, 0.15) is 0 Å². The molecule has 1 aromatic carbocycles. The van der Waals surface area contributed by atoms with E-state index in [1.807, 2.05) is 28.7 Å². The highest BCUT2D eigenvalue weighted by atomic mass is 32.2. The van der Waals surface area contributed by atoms with Crippen molar-refractivity contribution in [3.05, 3.63) is 53.9 Å². The molecule has 4 heteroatoms. The van der Waals surface area contributed by atoms with E-state index in [0.29, 0.717) is 0 Å². The van der Waals surface area contributed by atoms with Gasteiger partial charge in [-0.3, -0.25) is 4.68 Å². The number of rotatable bonds is 9. The summed E-state index contributed by atoms with van der Waals surface area (Å²) < 4.78 is 2.00. The van der Waals surface area contributed by atoms with Crippen LogP contribution in [0.15, 0.2) is 42.7 Å². The predicted octanol–water partition coefficient (Wildman–Crippen LogP) is 3.16. The van der Waals surface area contributed by atoms with E-state index in [9.17, 15) is 0 Å². The molecular formula is C16H23N3S. The molecule has 2 aromatic rings. The summed E-state index contributed by atoms with van der Waals surface area (Å²) in [6, 6.07) is 10.4. The van der Waals surface area contributed by atoms with Crippen molar-refractivity contribution in [2.75, 3.05) is 18.6 Å². The Labute approximate surface area is 125 Å². The average molecular weight is 289 g/mol. The Hall–Kier alpha value is -1.26. The minimum absolute atomic E-state index is 0.842. The molecule has 0 fully saturated rings. The largest absolute Gasteiger partial charge is 0.313 e. The van der Waals surface area contributed by atoms with E-state index in [4.69, 9.17) is 0 Å². The standard InChI is InChI=1S/C16H23N3S/c1-20-10-6-5-9-17-11-16-12-18-19(14-16)13-15-7-3-2-4-8-15/h2-4,7-8,12,14,17H,5-6,9-11,13H2,1H3. The first-order chi connectivity index (χ1) is 9.88. The molecule has 3 nitrogen and oxygen atoms in total. The lowest BCUT2D eigenvalue weighted by Gasteiger charge is -2.02. The third kappa shape index (κ3) is 5.39. The van der Waals surface area contributed by atoms with Gasteiger partial charge in [-0.2, -0.15) is 16.9 Å². The number of hydrogen-bond acceptors (Lipinski definition) is 3. The third-order valence-electron chi connectivity index (χ3n) is 3.16. The van der Waals surface area contributed by atoms with Crippen molar-refractivity contribution < 1.29 is 0 Å². The number of aromatic nitrogens is 2. The van der Waals surface area contributed by atoms with Crippen LogP contribution in [-0.2, 0) is 13.1 Å². The van der Waals surface area contributed by atoms with Gasteiger partial charge in [-0.1, -0.05) is 30.3 Å². The maximum atomic E-state index is 4.41. The van der Waals surface area contributed by atoms with Crippen molar-refractivity contribution in [2.45, 2.75) is 25.9 Å². The highest BCUT2D eigenvalue weighted by Crippen LogP contribution is 2.04. The van der Waals surface area contributed by atoms with Crippen LogP contribution in [-0.4, -0.2) is 28.3 Å². The average Bonchev–Trinajstić information content (AvgIpc) is 2.91. The quantitative estimate of drug-likeness (QED) is 0.719. The van der Waals surface area contributed by atoms with E-state index in [2.05, 4.69) is 47.1 Å². The fourth-order valence-electron chi connectivity index (χ4n) is 2.08. The Morgan fingerprint density at radius 1 is 1.15 bits per heavy atom. The van der Waals surface area contributed by atoms with Gasteiger partial charge < -0.3 is 5.32 Å². The SMILES string of the molecule is CSCCCCNCc1cnn(Cc2ccccc2)c1. The van der Waals surface area contributed by atoms with Crippen LogP contribution in [0, 0.1) is 0 Å². The summed E-state index contributed by atoms with van der Waals surface area (Å²) in [5.41, 5.74) is 2.54. The summed E-state index contributed by atoms with van der Waals surface area (Å²) in [5.74, 6) is 1.26. The molecule has 0 unspecified atom stereocenters. The molecule has 0 spiro atoms. The minimum Gasteiger partial charge on any atom is -0.313 e. The lowest BCUT2D eigenvalue weighted by Crippen LogP contribution is -2.14. The Balaban J connectivity index is 1.70. The molecule has 1 aromatic heterocycles. The molecule has 2 rings (SSSR count). The monoisotopic (exact) mass is 289 g/mol. The van der Waals surface area contributed by atoms with E-state index in [1.54, 1.807) is 0 Å². The van der Waals surface area contributed by atoms with Gasteiger partial charge in [0.15, 0.2) is 0 Å². The van der Waals surface area contributed by atoms with E-state index in [1.165, 1.54) is 29.7 Å². The fourth-order valence-corrected chi connectivity index (χ4v) is 2.58. The van der Waals surface area contributed by atoms with Crippen molar-refractivity contribution in [3.8, 4) is 0 Å². The van der Waals surface area contributed by atoms with Gasteiger partial charge in [-0.05, 0) is 37.0 Å². The van der Waals surface area contributed by atoms with Gasteiger partial charge >= 0.3 is 0 Å². The fraction of sp³-hybridized carbons (Fsp3) is 0.438. The normalized spacial score (nSPS) is 10.8.